The molecule has 0 unspecified atom stereocenters. The van der Waals surface area contributed by atoms with Gasteiger partial charge in [-0.1, -0.05) is 30.3 Å². The third kappa shape index (κ3) is 2.39. The molecule has 2 aliphatic rings. The van der Waals surface area contributed by atoms with Crippen LogP contribution >= 0.6 is 15.9 Å². The van der Waals surface area contributed by atoms with Crippen molar-refractivity contribution in [1.29, 1.82) is 0 Å². The molecule has 1 aliphatic heterocycles. The summed E-state index contributed by atoms with van der Waals surface area (Å²) in [7, 11) is 0. The van der Waals surface area contributed by atoms with Crippen LogP contribution in [0.15, 0.2) is 40.5 Å². The molecule has 1 aliphatic carbocycles. The zero-order chi connectivity index (χ0) is 11.7. The van der Waals surface area contributed by atoms with E-state index in [2.05, 4.69) is 33.5 Å². The first-order chi connectivity index (χ1) is 8.33. The van der Waals surface area contributed by atoms with E-state index in [4.69, 9.17) is 9.57 Å². The van der Waals surface area contributed by atoms with Crippen LogP contribution in [0.3, 0.4) is 0 Å². The summed E-state index contributed by atoms with van der Waals surface area (Å²) < 4.78 is 6.89. The van der Waals surface area contributed by atoms with Crippen LogP contribution < -0.4 is 5.48 Å². The molecule has 0 spiro atoms. The predicted octanol–water partition coefficient (Wildman–Crippen LogP) is 2.88. The molecule has 90 valence electrons. The summed E-state index contributed by atoms with van der Waals surface area (Å²) in [6.45, 7) is 0.677. The van der Waals surface area contributed by atoms with Crippen molar-refractivity contribution in [3.63, 3.8) is 0 Å². The van der Waals surface area contributed by atoms with E-state index >= 15 is 0 Å². The fourth-order valence-electron chi connectivity index (χ4n) is 2.29. The molecule has 1 aromatic carbocycles. The lowest BCUT2D eigenvalue weighted by atomic mass is 10.2. The number of ether oxygens (including phenoxy) is 1. The lowest BCUT2D eigenvalue weighted by Crippen LogP contribution is -2.15. The van der Waals surface area contributed by atoms with Crippen LogP contribution in [0.25, 0.3) is 0 Å². The zero-order valence-corrected chi connectivity index (χ0v) is 10.9. The van der Waals surface area contributed by atoms with Gasteiger partial charge < -0.3 is 4.74 Å². The highest BCUT2D eigenvalue weighted by Crippen LogP contribution is 2.37. The van der Waals surface area contributed by atoms with Crippen LogP contribution in [-0.2, 0) is 16.2 Å². The monoisotopic (exact) mass is 295 g/mol. The van der Waals surface area contributed by atoms with Crippen molar-refractivity contribution >= 4 is 15.9 Å². The number of hydrogen-bond donors (Lipinski definition) is 1. The van der Waals surface area contributed by atoms with E-state index in [1.54, 1.807) is 0 Å². The second-order valence-electron chi connectivity index (χ2n) is 4.41. The van der Waals surface area contributed by atoms with Gasteiger partial charge in [-0.2, -0.15) is 0 Å². The van der Waals surface area contributed by atoms with Gasteiger partial charge in [-0.3, -0.25) is 10.3 Å². The Bertz CT molecular complexity index is 432. The minimum Gasteiger partial charge on any atom is -0.373 e. The summed E-state index contributed by atoms with van der Waals surface area (Å²) in [4.78, 5) is 5.42. The van der Waals surface area contributed by atoms with Gasteiger partial charge in [0.2, 0.25) is 0 Å². The highest BCUT2D eigenvalue weighted by atomic mass is 79.9. The Hall–Kier alpha value is -0.840. The van der Waals surface area contributed by atoms with E-state index in [0.717, 1.165) is 17.4 Å². The van der Waals surface area contributed by atoms with Crippen LogP contribution in [0.5, 0.6) is 0 Å². The fourth-order valence-corrected chi connectivity index (χ4v) is 2.81. The maximum Gasteiger partial charge on any atom is 0.112 e. The second kappa shape index (κ2) is 4.80. The minimum atomic E-state index is 0.185. The van der Waals surface area contributed by atoms with Crippen LogP contribution in [-0.4, -0.2) is 12.2 Å². The molecule has 0 bridgehead atoms. The molecule has 1 saturated carbocycles. The number of hydrogen-bond acceptors (Lipinski definition) is 3. The Labute approximate surface area is 109 Å². The topological polar surface area (TPSA) is 30.5 Å². The van der Waals surface area contributed by atoms with Crippen LogP contribution in [0, 0.1) is 0 Å². The largest absolute Gasteiger partial charge is 0.373 e. The lowest BCUT2D eigenvalue weighted by molar-refractivity contribution is 0.000314. The number of halogens is 1. The third-order valence-electron chi connectivity index (χ3n) is 3.21. The number of rotatable bonds is 3. The Kier molecular flexibility index (Phi) is 3.18. The summed E-state index contributed by atoms with van der Waals surface area (Å²) in [6.07, 6.45) is 2.34. The third-order valence-corrected chi connectivity index (χ3v) is 3.89. The second-order valence-corrected chi connectivity index (χ2v) is 5.20. The van der Waals surface area contributed by atoms with Crippen molar-refractivity contribution in [1.82, 2.24) is 5.48 Å². The van der Waals surface area contributed by atoms with Crippen LogP contribution in [0.2, 0.25) is 0 Å². The molecule has 1 fully saturated rings. The lowest BCUT2D eigenvalue weighted by Gasteiger charge is -2.12. The number of hydroxylamine groups is 1. The van der Waals surface area contributed by atoms with Crippen molar-refractivity contribution < 1.29 is 9.57 Å². The molecule has 0 amide bonds. The van der Waals surface area contributed by atoms with Crippen molar-refractivity contribution in [2.45, 2.75) is 31.7 Å². The fraction of sp³-hybridized carbons (Fsp3) is 0.385. The summed E-state index contributed by atoms with van der Waals surface area (Å²) in [5, 5.41) is 0. The van der Waals surface area contributed by atoms with Crippen LogP contribution in [0.1, 0.15) is 18.4 Å². The van der Waals surface area contributed by atoms with E-state index in [1.807, 2.05) is 18.2 Å². The Morgan fingerprint density at radius 3 is 2.94 bits per heavy atom. The maximum atomic E-state index is 5.91. The summed E-state index contributed by atoms with van der Waals surface area (Å²) in [5.74, 6) is 0. The van der Waals surface area contributed by atoms with Gasteiger partial charge in [0.05, 0.1) is 12.7 Å². The van der Waals surface area contributed by atoms with E-state index < -0.39 is 0 Å². The molecule has 3 rings (SSSR count). The number of fused-ring (bicyclic) bond motifs is 1. The Morgan fingerprint density at radius 2 is 2.18 bits per heavy atom. The van der Waals surface area contributed by atoms with Gasteiger partial charge in [-0.05, 0) is 27.1 Å². The van der Waals surface area contributed by atoms with Gasteiger partial charge in [-0.25, -0.2) is 0 Å². The van der Waals surface area contributed by atoms with Crippen molar-refractivity contribution in [3.05, 3.63) is 46.1 Å². The number of nitrogens with one attached hydrogen (secondary N) is 1. The normalized spacial score (nSPS) is 27.1. The first-order valence-corrected chi connectivity index (χ1v) is 6.58. The molecule has 4 heteroatoms. The molecular formula is C13H14BrNO2. The van der Waals surface area contributed by atoms with E-state index in [0.29, 0.717) is 6.61 Å². The molecule has 1 N–H and O–H groups in total. The molecule has 17 heavy (non-hydrogen) atoms. The van der Waals surface area contributed by atoms with E-state index in [9.17, 15) is 0 Å². The average molecular weight is 296 g/mol. The quantitative estimate of drug-likeness (QED) is 0.870. The van der Waals surface area contributed by atoms with E-state index in [1.165, 1.54) is 11.1 Å². The molecule has 0 radical (unpaired) electrons. The van der Waals surface area contributed by atoms with Gasteiger partial charge in [0.15, 0.2) is 0 Å². The maximum absolute atomic E-state index is 5.91. The molecular weight excluding hydrogens is 282 g/mol. The Balaban J connectivity index is 1.57. The van der Waals surface area contributed by atoms with Crippen molar-refractivity contribution in [2.24, 2.45) is 0 Å². The van der Waals surface area contributed by atoms with Gasteiger partial charge >= 0.3 is 0 Å². The standard InChI is InChI=1S/C13H14BrNO2/c14-13-11-6-10(7-12(11)17-15-13)16-8-9-4-2-1-3-5-9/h1-5,10,12,15H,6-8H2/t10-,12-/m0/s1. The van der Waals surface area contributed by atoms with Gasteiger partial charge in [0, 0.05) is 12.8 Å². The van der Waals surface area contributed by atoms with Gasteiger partial charge in [0.25, 0.3) is 0 Å². The first-order valence-electron chi connectivity index (χ1n) is 5.78. The summed E-state index contributed by atoms with van der Waals surface area (Å²) >= 11 is 3.46. The molecule has 0 aromatic heterocycles. The average Bonchev–Trinajstić information content (AvgIpc) is 2.91. The highest BCUT2D eigenvalue weighted by Gasteiger charge is 2.36. The molecule has 2 atom stereocenters. The number of benzene rings is 1. The van der Waals surface area contributed by atoms with Gasteiger partial charge in [-0.15, -0.1) is 0 Å². The van der Waals surface area contributed by atoms with Gasteiger partial charge in [0.1, 0.15) is 10.7 Å². The Morgan fingerprint density at radius 1 is 1.35 bits per heavy atom. The molecule has 0 saturated heterocycles. The molecule has 1 aromatic rings. The molecule has 3 nitrogen and oxygen atoms in total. The first kappa shape index (κ1) is 11.3. The highest BCUT2D eigenvalue weighted by molar-refractivity contribution is 9.11. The van der Waals surface area contributed by atoms with Crippen LogP contribution in [0.4, 0.5) is 0 Å². The minimum absolute atomic E-state index is 0.185. The van der Waals surface area contributed by atoms with E-state index in [-0.39, 0.29) is 12.2 Å². The molecule has 1 heterocycles. The smallest absolute Gasteiger partial charge is 0.112 e. The van der Waals surface area contributed by atoms with Crippen molar-refractivity contribution in [2.75, 3.05) is 0 Å². The SMILES string of the molecule is BrC1=C2C[C@H](OCc3ccccc3)C[C@@H]2ON1. The summed E-state index contributed by atoms with van der Waals surface area (Å²) in [5.41, 5.74) is 5.37. The summed E-state index contributed by atoms with van der Waals surface area (Å²) in [6, 6.07) is 10.3. The predicted molar refractivity (Wildman–Crippen MR) is 68.2 cm³/mol. The zero-order valence-electron chi connectivity index (χ0n) is 9.36. The van der Waals surface area contributed by atoms with Crippen molar-refractivity contribution in [3.8, 4) is 0 Å².